The highest BCUT2D eigenvalue weighted by atomic mass is 35.5. The van der Waals surface area contributed by atoms with Gasteiger partial charge in [0.2, 0.25) is 0 Å². The quantitative estimate of drug-likeness (QED) is 0.351. The maximum atomic E-state index is 9.68. The maximum absolute atomic E-state index is 9.68. The second-order valence-electron chi connectivity index (χ2n) is 6.58. The summed E-state index contributed by atoms with van der Waals surface area (Å²) in [5, 5.41) is 23.6. The Balaban J connectivity index is 2.05. The molecule has 2 N–H and O–H groups in total. The van der Waals surface area contributed by atoms with Crippen molar-refractivity contribution in [3.63, 3.8) is 0 Å². The van der Waals surface area contributed by atoms with Gasteiger partial charge in [-0.3, -0.25) is 4.98 Å². The molecule has 0 amide bonds. The van der Waals surface area contributed by atoms with Crippen LogP contribution in [0.25, 0.3) is 0 Å². The van der Waals surface area contributed by atoms with Crippen molar-refractivity contribution in [2.24, 2.45) is 5.16 Å². The topological polar surface area (TPSA) is 65.7 Å². The SMILES string of the molecule is Cc1cc(C(C[C@@H](c2ccc(O)cc2)c2ccc(Cl)cc2C)=NO)ccn1. The summed E-state index contributed by atoms with van der Waals surface area (Å²) in [5.74, 6) is 0.161. The summed E-state index contributed by atoms with van der Waals surface area (Å²) in [7, 11) is 0. The van der Waals surface area contributed by atoms with Gasteiger partial charge in [0.1, 0.15) is 5.75 Å². The molecule has 0 radical (unpaired) electrons. The standard InChI is InChI=1S/C22H21ClN2O2/c1-14-11-18(23)5-8-20(14)21(16-3-6-19(26)7-4-16)13-22(25-27)17-9-10-24-15(2)12-17/h3-12,21,26-27H,13H2,1-2H3/t21-/m0/s1. The van der Waals surface area contributed by atoms with Crippen LogP contribution in [0.2, 0.25) is 5.02 Å². The van der Waals surface area contributed by atoms with E-state index in [-0.39, 0.29) is 11.7 Å². The lowest BCUT2D eigenvalue weighted by atomic mass is 9.83. The third-order valence-corrected chi connectivity index (χ3v) is 4.89. The summed E-state index contributed by atoms with van der Waals surface area (Å²) in [6.45, 7) is 3.92. The highest BCUT2D eigenvalue weighted by molar-refractivity contribution is 6.30. The van der Waals surface area contributed by atoms with Crippen molar-refractivity contribution < 1.29 is 10.3 Å². The lowest BCUT2D eigenvalue weighted by Crippen LogP contribution is -2.12. The van der Waals surface area contributed by atoms with E-state index in [2.05, 4.69) is 10.1 Å². The predicted molar refractivity (Wildman–Crippen MR) is 108 cm³/mol. The van der Waals surface area contributed by atoms with Crippen LogP contribution in [0, 0.1) is 13.8 Å². The van der Waals surface area contributed by atoms with Gasteiger partial charge in [-0.05, 0) is 66.9 Å². The second-order valence-corrected chi connectivity index (χ2v) is 7.02. The van der Waals surface area contributed by atoms with E-state index in [4.69, 9.17) is 11.6 Å². The first-order valence-corrected chi connectivity index (χ1v) is 9.04. The molecule has 0 aliphatic rings. The number of oxime groups is 1. The Labute approximate surface area is 163 Å². The van der Waals surface area contributed by atoms with Gasteiger partial charge in [0, 0.05) is 34.8 Å². The highest BCUT2D eigenvalue weighted by Gasteiger charge is 2.21. The summed E-state index contributed by atoms with van der Waals surface area (Å²) in [6, 6.07) is 16.6. The van der Waals surface area contributed by atoms with E-state index in [0.29, 0.717) is 17.2 Å². The van der Waals surface area contributed by atoms with Crippen LogP contribution in [-0.2, 0) is 0 Å². The summed E-state index contributed by atoms with van der Waals surface area (Å²) < 4.78 is 0. The fourth-order valence-electron chi connectivity index (χ4n) is 3.28. The van der Waals surface area contributed by atoms with Gasteiger partial charge >= 0.3 is 0 Å². The molecule has 4 nitrogen and oxygen atoms in total. The molecule has 3 rings (SSSR count). The maximum Gasteiger partial charge on any atom is 0.115 e. The van der Waals surface area contributed by atoms with Crippen molar-refractivity contribution in [2.45, 2.75) is 26.2 Å². The number of hydrogen-bond acceptors (Lipinski definition) is 4. The van der Waals surface area contributed by atoms with Crippen molar-refractivity contribution in [3.05, 3.63) is 93.8 Å². The first-order chi connectivity index (χ1) is 13.0. The molecule has 138 valence electrons. The largest absolute Gasteiger partial charge is 0.508 e. The van der Waals surface area contributed by atoms with E-state index in [1.807, 2.05) is 56.3 Å². The van der Waals surface area contributed by atoms with Gasteiger partial charge in [0.05, 0.1) is 5.71 Å². The monoisotopic (exact) mass is 380 g/mol. The van der Waals surface area contributed by atoms with Crippen molar-refractivity contribution in [1.29, 1.82) is 0 Å². The Morgan fingerprint density at radius 3 is 2.44 bits per heavy atom. The van der Waals surface area contributed by atoms with Gasteiger partial charge in [0.15, 0.2) is 0 Å². The zero-order valence-corrected chi connectivity index (χ0v) is 16.0. The molecule has 0 fully saturated rings. The molecule has 0 spiro atoms. The van der Waals surface area contributed by atoms with Crippen molar-refractivity contribution in [3.8, 4) is 5.75 Å². The Kier molecular flexibility index (Phi) is 5.77. The third-order valence-electron chi connectivity index (χ3n) is 4.65. The van der Waals surface area contributed by atoms with Gasteiger partial charge in [-0.15, -0.1) is 0 Å². The smallest absolute Gasteiger partial charge is 0.115 e. The van der Waals surface area contributed by atoms with E-state index in [1.165, 1.54) is 0 Å². The minimum atomic E-state index is -0.0535. The molecule has 1 heterocycles. The number of aromatic hydroxyl groups is 1. The van der Waals surface area contributed by atoms with Crippen LogP contribution in [0.5, 0.6) is 5.75 Å². The van der Waals surface area contributed by atoms with Gasteiger partial charge in [-0.1, -0.05) is 35.0 Å². The number of rotatable bonds is 5. The lowest BCUT2D eigenvalue weighted by molar-refractivity contribution is 0.317. The number of pyridine rings is 1. The average molecular weight is 381 g/mol. The first kappa shape index (κ1) is 18.9. The Morgan fingerprint density at radius 2 is 1.81 bits per heavy atom. The van der Waals surface area contributed by atoms with Crippen LogP contribution in [0.15, 0.2) is 65.9 Å². The number of nitrogens with zero attached hydrogens (tertiary/aromatic N) is 2. The van der Waals surface area contributed by atoms with E-state index in [9.17, 15) is 10.3 Å². The van der Waals surface area contributed by atoms with E-state index in [0.717, 1.165) is 27.9 Å². The van der Waals surface area contributed by atoms with Crippen LogP contribution < -0.4 is 0 Å². The number of phenolic OH excluding ortho intramolecular Hbond substituents is 1. The fourth-order valence-corrected chi connectivity index (χ4v) is 3.51. The van der Waals surface area contributed by atoms with Gasteiger partial charge in [-0.2, -0.15) is 0 Å². The number of aromatic nitrogens is 1. The van der Waals surface area contributed by atoms with Gasteiger partial charge < -0.3 is 10.3 Å². The summed E-state index contributed by atoms with van der Waals surface area (Å²) in [5.41, 5.74) is 5.44. The zero-order chi connectivity index (χ0) is 19.4. The Hall–Kier alpha value is -2.85. The molecule has 0 bridgehead atoms. The summed E-state index contributed by atoms with van der Waals surface area (Å²) >= 11 is 6.13. The Morgan fingerprint density at radius 1 is 1.07 bits per heavy atom. The minimum Gasteiger partial charge on any atom is -0.508 e. The number of benzene rings is 2. The molecule has 5 heteroatoms. The average Bonchev–Trinajstić information content (AvgIpc) is 2.64. The summed E-state index contributed by atoms with van der Waals surface area (Å²) in [4.78, 5) is 4.21. The molecule has 0 aliphatic heterocycles. The molecule has 0 unspecified atom stereocenters. The van der Waals surface area contributed by atoms with Crippen LogP contribution in [0.3, 0.4) is 0 Å². The van der Waals surface area contributed by atoms with Crippen molar-refractivity contribution in [2.75, 3.05) is 0 Å². The Bertz CT molecular complexity index is 968. The van der Waals surface area contributed by atoms with Gasteiger partial charge in [-0.25, -0.2) is 0 Å². The van der Waals surface area contributed by atoms with E-state index < -0.39 is 0 Å². The number of aryl methyl sites for hydroxylation is 2. The van der Waals surface area contributed by atoms with Gasteiger partial charge in [0.25, 0.3) is 0 Å². The van der Waals surface area contributed by atoms with Crippen molar-refractivity contribution in [1.82, 2.24) is 4.98 Å². The molecule has 2 aromatic carbocycles. The normalized spacial score (nSPS) is 12.8. The lowest BCUT2D eigenvalue weighted by Gasteiger charge is -2.21. The molecule has 0 aliphatic carbocycles. The van der Waals surface area contributed by atoms with Crippen LogP contribution >= 0.6 is 11.6 Å². The molecule has 27 heavy (non-hydrogen) atoms. The molecule has 1 atom stereocenters. The molecular weight excluding hydrogens is 360 g/mol. The van der Waals surface area contributed by atoms with E-state index in [1.54, 1.807) is 18.3 Å². The molecular formula is C22H21ClN2O2. The minimum absolute atomic E-state index is 0.0535. The molecule has 3 aromatic rings. The number of phenols is 1. The second kappa shape index (κ2) is 8.23. The predicted octanol–water partition coefficient (Wildman–Crippen LogP) is 5.46. The number of hydrogen-bond donors (Lipinski definition) is 2. The molecule has 0 saturated heterocycles. The van der Waals surface area contributed by atoms with Crippen LogP contribution in [0.1, 0.15) is 40.3 Å². The summed E-state index contributed by atoms with van der Waals surface area (Å²) in [6.07, 6.45) is 2.20. The first-order valence-electron chi connectivity index (χ1n) is 8.67. The van der Waals surface area contributed by atoms with Crippen molar-refractivity contribution >= 4 is 17.3 Å². The number of halogens is 1. The molecule has 1 aromatic heterocycles. The highest BCUT2D eigenvalue weighted by Crippen LogP contribution is 2.33. The molecule has 0 saturated carbocycles. The third kappa shape index (κ3) is 4.47. The van der Waals surface area contributed by atoms with Crippen LogP contribution in [0.4, 0.5) is 0 Å². The van der Waals surface area contributed by atoms with Crippen LogP contribution in [-0.4, -0.2) is 21.0 Å². The van der Waals surface area contributed by atoms with E-state index >= 15 is 0 Å². The zero-order valence-electron chi connectivity index (χ0n) is 15.2. The fraction of sp³-hybridized carbons (Fsp3) is 0.182.